The number of aliphatic carboxylic acids is 1. The zero-order valence-corrected chi connectivity index (χ0v) is 19.1. The molecular weight excluding hydrogens is 412 g/mol. The number of para-hydroxylation sites is 1. The van der Waals surface area contributed by atoms with Crippen LogP contribution in [0.25, 0.3) is 17.0 Å². The first-order chi connectivity index (χ1) is 16.0. The molecule has 2 aromatic rings. The number of nitrogens with zero attached hydrogens (tertiary/aromatic N) is 2. The van der Waals surface area contributed by atoms with Gasteiger partial charge in [0.05, 0.1) is 11.4 Å². The Morgan fingerprint density at radius 2 is 1.64 bits per heavy atom. The first kappa shape index (κ1) is 20.9. The fourth-order valence-corrected chi connectivity index (χ4v) is 7.59. The lowest BCUT2D eigenvalue weighted by molar-refractivity contribution is -0.142. The molecule has 1 saturated heterocycles. The first-order valence-electron chi connectivity index (χ1n) is 12.6. The second kappa shape index (κ2) is 7.96. The molecule has 0 unspecified atom stereocenters. The van der Waals surface area contributed by atoms with Gasteiger partial charge in [-0.1, -0.05) is 18.2 Å². The summed E-state index contributed by atoms with van der Waals surface area (Å²) in [6, 6.07) is 10.2. The van der Waals surface area contributed by atoms with Gasteiger partial charge < -0.3 is 10.0 Å². The minimum atomic E-state index is -0.706. The number of benzene rings is 1. The largest absolute Gasteiger partial charge is 0.481 e. The van der Waals surface area contributed by atoms with E-state index in [1.54, 1.807) is 0 Å². The zero-order valence-electron chi connectivity index (χ0n) is 19.1. The molecule has 5 fully saturated rings. The number of anilines is 1. The molecule has 5 heteroatoms. The highest BCUT2D eigenvalue weighted by atomic mass is 16.4. The molecule has 33 heavy (non-hydrogen) atoms. The Morgan fingerprint density at radius 3 is 2.27 bits per heavy atom. The van der Waals surface area contributed by atoms with Crippen LogP contribution in [-0.4, -0.2) is 34.9 Å². The van der Waals surface area contributed by atoms with Crippen LogP contribution in [0.2, 0.25) is 0 Å². The number of carboxylic acid groups (broad SMARTS) is 1. The van der Waals surface area contributed by atoms with E-state index in [0.29, 0.717) is 31.7 Å². The quantitative estimate of drug-likeness (QED) is 0.631. The van der Waals surface area contributed by atoms with Gasteiger partial charge in [-0.3, -0.25) is 9.59 Å². The molecular formula is C28H32N2O3. The van der Waals surface area contributed by atoms with E-state index in [-0.39, 0.29) is 11.3 Å². The Bertz CT molecular complexity index is 1090. The lowest BCUT2D eigenvalue weighted by Crippen LogP contribution is -2.49. The van der Waals surface area contributed by atoms with Crippen LogP contribution in [-0.2, 0) is 9.59 Å². The van der Waals surface area contributed by atoms with Crippen molar-refractivity contribution in [2.45, 2.75) is 51.4 Å². The molecule has 0 spiro atoms. The lowest BCUT2D eigenvalue weighted by Gasteiger charge is -2.55. The zero-order chi connectivity index (χ0) is 22.6. The summed E-state index contributed by atoms with van der Waals surface area (Å²) in [5.74, 6) is 2.45. The smallest absolute Gasteiger partial charge is 0.306 e. The fraction of sp³-hybridized carbons (Fsp3) is 0.536. The number of pyridine rings is 1. The van der Waals surface area contributed by atoms with Crippen LogP contribution in [0, 0.1) is 29.1 Å². The summed E-state index contributed by atoms with van der Waals surface area (Å²) in [6.45, 7) is 1.35. The molecule has 0 amide bonds. The Morgan fingerprint density at radius 1 is 1.00 bits per heavy atom. The topological polar surface area (TPSA) is 70.5 Å². The molecule has 172 valence electrons. The predicted molar refractivity (Wildman–Crippen MR) is 129 cm³/mol. The normalized spacial score (nSPS) is 31.5. The maximum absolute atomic E-state index is 13.6. The number of ketones is 1. The van der Waals surface area contributed by atoms with E-state index in [1.807, 2.05) is 30.4 Å². The summed E-state index contributed by atoms with van der Waals surface area (Å²) in [5, 5.41) is 10.4. The van der Waals surface area contributed by atoms with Crippen molar-refractivity contribution in [1.29, 1.82) is 0 Å². The molecule has 0 atom stereocenters. The number of carboxylic acids is 1. The number of piperidine rings is 1. The molecule has 5 aliphatic rings. The Hall–Kier alpha value is -2.69. The number of rotatable bonds is 5. The number of hydrogen-bond acceptors (Lipinski definition) is 4. The van der Waals surface area contributed by atoms with Crippen LogP contribution in [0.3, 0.4) is 0 Å². The van der Waals surface area contributed by atoms with E-state index in [1.165, 1.54) is 19.3 Å². The van der Waals surface area contributed by atoms with E-state index in [4.69, 9.17) is 4.98 Å². The lowest BCUT2D eigenvalue weighted by atomic mass is 9.48. The highest BCUT2D eigenvalue weighted by Gasteiger charge is 2.53. The van der Waals surface area contributed by atoms with E-state index >= 15 is 0 Å². The van der Waals surface area contributed by atoms with Crippen LogP contribution < -0.4 is 4.90 Å². The van der Waals surface area contributed by atoms with Crippen molar-refractivity contribution >= 4 is 34.5 Å². The van der Waals surface area contributed by atoms with Gasteiger partial charge in [-0.05, 0) is 93.4 Å². The van der Waals surface area contributed by atoms with Gasteiger partial charge in [0.2, 0.25) is 0 Å². The summed E-state index contributed by atoms with van der Waals surface area (Å²) >= 11 is 0. The molecule has 1 aliphatic heterocycles. The van der Waals surface area contributed by atoms with Gasteiger partial charge in [0.1, 0.15) is 5.82 Å². The van der Waals surface area contributed by atoms with Gasteiger partial charge in [0.15, 0.2) is 5.78 Å². The summed E-state index contributed by atoms with van der Waals surface area (Å²) in [4.78, 5) is 32.1. The summed E-state index contributed by atoms with van der Waals surface area (Å²) in [5.41, 5.74) is 1.76. The van der Waals surface area contributed by atoms with Gasteiger partial charge in [0, 0.05) is 29.5 Å². The van der Waals surface area contributed by atoms with Crippen LogP contribution >= 0.6 is 0 Å². The first-order valence-corrected chi connectivity index (χ1v) is 12.6. The van der Waals surface area contributed by atoms with Crippen molar-refractivity contribution in [2.75, 3.05) is 18.0 Å². The number of hydrogen-bond donors (Lipinski definition) is 1. The Balaban J connectivity index is 1.30. The van der Waals surface area contributed by atoms with Gasteiger partial charge >= 0.3 is 5.97 Å². The molecule has 1 N–H and O–H groups in total. The van der Waals surface area contributed by atoms with Crippen molar-refractivity contribution in [2.24, 2.45) is 29.1 Å². The standard InChI is InChI=1S/C28H32N2O3/c31-25(28-15-18-11-19(16-28)13-20(12-18)17-28)6-5-23-14-22-3-1-2-4-24(22)29-26(23)30-9-7-21(8-10-30)27(32)33/h1-6,14,18-21H,7-13,15-17H2,(H,32,33). The van der Waals surface area contributed by atoms with Crippen LogP contribution in [0.1, 0.15) is 56.9 Å². The molecule has 0 radical (unpaired) electrons. The second-order valence-corrected chi connectivity index (χ2v) is 11.1. The van der Waals surface area contributed by atoms with Crippen molar-refractivity contribution in [3.8, 4) is 0 Å². The highest BCUT2D eigenvalue weighted by Crippen LogP contribution is 2.60. The van der Waals surface area contributed by atoms with Gasteiger partial charge in [-0.15, -0.1) is 0 Å². The molecule has 2 heterocycles. The van der Waals surface area contributed by atoms with Gasteiger partial charge in [-0.2, -0.15) is 0 Å². The SMILES string of the molecule is O=C(O)C1CCN(c2nc3ccccc3cc2C=CC(=O)C23CC4CC(CC(C4)C2)C3)CC1. The highest BCUT2D eigenvalue weighted by molar-refractivity contribution is 5.99. The number of allylic oxidation sites excluding steroid dienone is 1. The average molecular weight is 445 g/mol. The maximum atomic E-state index is 13.6. The fourth-order valence-electron chi connectivity index (χ4n) is 7.59. The number of aromatic nitrogens is 1. The van der Waals surface area contributed by atoms with Gasteiger partial charge in [-0.25, -0.2) is 4.98 Å². The van der Waals surface area contributed by atoms with Crippen molar-refractivity contribution in [1.82, 2.24) is 4.98 Å². The van der Waals surface area contributed by atoms with E-state index in [0.717, 1.165) is 59.3 Å². The van der Waals surface area contributed by atoms with E-state index in [9.17, 15) is 14.7 Å². The number of fused-ring (bicyclic) bond motifs is 1. The number of carbonyl (C=O) groups is 2. The molecule has 1 aromatic heterocycles. The van der Waals surface area contributed by atoms with E-state index < -0.39 is 5.97 Å². The summed E-state index contributed by atoms with van der Waals surface area (Å²) in [7, 11) is 0. The minimum absolute atomic E-state index is 0.129. The van der Waals surface area contributed by atoms with Crippen molar-refractivity contribution in [3.63, 3.8) is 0 Å². The minimum Gasteiger partial charge on any atom is -0.481 e. The maximum Gasteiger partial charge on any atom is 0.306 e. The number of carbonyl (C=O) groups excluding carboxylic acids is 1. The Kier molecular flexibility index (Phi) is 5.04. The van der Waals surface area contributed by atoms with Crippen molar-refractivity contribution < 1.29 is 14.7 Å². The summed E-state index contributed by atoms with van der Waals surface area (Å²) in [6.07, 6.45) is 12.3. The predicted octanol–water partition coefficient (Wildman–Crippen LogP) is 5.33. The third-order valence-corrected chi connectivity index (χ3v) is 8.85. The van der Waals surface area contributed by atoms with E-state index in [2.05, 4.69) is 17.0 Å². The molecule has 4 aliphatic carbocycles. The average Bonchev–Trinajstić information content (AvgIpc) is 2.81. The third kappa shape index (κ3) is 3.75. The van der Waals surface area contributed by atoms with Crippen molar-refractivity contribution in [3.05, 3.63) is 42.0 Å². The molecule has 1 aromatic carbocycles. The van der Waals surface area contributed by atoms with Gasteiger partial charge in [0.25, 0.3) is 0 Å². The third-order valence-electron chi connectivity index (χ3n) is 8.85. The summed E-state index contributed by atoms with van der Waals surface area (Å²) < 4.78 is 0. The monoisotopic (exact) mass is 444 g/mol. The van der Waals surface area contributed by atoms with Crippen LogP contribution in [0.5, 0.6) is 0 Å². The molecule has 5 nitrogen and oxygen atoms in total. The van der Waals surface area contributed by atoms with Crippen LogP contribution in [0.4, 0.5) is 5.82 Å². The second-order valence-electron chi connectivity index (χ2n) is 11.1. The van der Waals surface area contributed by atoms with Crippen LogP contribution in [0.15, 0.2) is 36.4 Å². The molecule has 7 rings (SSSR count). The molecule has 4 bridgehead atoms. The Labute approximate surface area is 194 Å². The molecule has 4 saturated carbocycles.